The summed E-state index contributed by atoms with van der Waals surface area (Å²) in [5, 5.41) is 3.62. The minimum atomic E-state index is -0.0797. The molecule has 2 atom stereocenters. The van der Waals surface area contributed by atoms with E-state index in [4.69, 9.17) is 0 Å². The summed E-state index contributed by atoms with van der Waals surface area (Å²) in [6.45, 7) is 5.48. The maximum absolute atomic E-state index is 12.7. The van der Waals surface area contributed by atoms with Gasteiger partial charge in [0.05, 0.1) is 11.7 Å². The fourth-order valence-electron chi connectivity index (χ4n) is 3.88. The monoisotopic (exact) mass is 338 g/mol. The van der Waals surface area contributed by atoms with Crippen LogP contribution in [0.5, 0.6) is 0 Å². The van der Waals surface area contributed by atoms with Crippen LogP contribution in [0.3, 0.4) is 0 Å². The largest absolute Gasteiger partial charge is 0.362 e. The first-order chi connectivity index (χ1) is 12.1. The van der Waals surface area contributed by atoms with Gasteiger partial charge in [-0.25, -0.2) is 15.0 Å². The molecule has 1 saturated heterocycles. The summed E-state index contributed by atoms with van der Waals surface area (Å²) in [4.78, 5) is 31.8. The van der Waals surface area contributed by atoms with Gasteiger partial charge in [0.1, 0.15) is 17.3 Å². The van der Waals surface area contributed by atoms with E-state index in [0.717, 1.165) is 43.1 Å². The van der Waals surface area contributed by atoms with Crippen LogP contribution >= 0.6 is 0 Å². The smallest absolute Gasteiger partial charge is 0.274 e. The van der Waals surface area contributed by atoms with Crippen molar-refractivity contribution in [2.45, 2.75) is 38.6 Å². The normalized spacial score (nSPS) is 24.6. The Hall–Kier alpha value is -2.57. The standard InChI is InChI=1S/C18H22N6O/c1-3-15-21-12(2)8-16(22-15)23-18-5-4-13(18)10-24(11-18)17(25)14-9-19-6-7-20-14/h6-9,13H,3-5,10-11H2,1-2H3,(H,21,22,23). The van der Waals surface area contributed by atoms with E-state index in [1.807, 2.05) is 17.9 Å². The number of fused-ring (bicyclic) bond motifs is 1. The quantitative estimate of drug-likeness (QED) is 0.916. The van der Waals surface area contributed by atoms with Gasteiger partial charge in [-0.1, -0.05) is 6.92 Å². The SMILES string of the molecule is CCc1nc(C)cc(NC23CCC2CN(C(=O)c2cnccn2)C3)n1. The molecule has 4 rings (SSSR count). The third-order valence-electron chi connectivity index (χ3n) is 5.30. The third-order valence-corrected chi connectivity index (χ3v) is 5.30. The Morgan fingerprint density at radius 2 is 2.28 bits per heavy atom. The number of likely N-dealkylation sites (tertiary alicyclic amines) is 1. The predicted molar refractivity (Wildman–Crippen MR) is 93.2 cm³/mol. The lowest BCUT2D eigenvalue weighted by Gasteiger charge is -2.44. The van der Waals surface area contributed by atoms with Crippen molar-refractivity contribution in [3.8, 4) is 0 Å². The zero-order valence-corrected chi connectivity index (χ0v) is 14.6. The first kappa shape index (κ1) is 15.9. The zero-order valence-electron chi connectivity index (χ0n) is 14.6. The van der Waals surface area contributed by atoms with Crippen LogP contribution in [0.1, 0.15) is 41.8 Å². The van der Waals surface area contributed by atoms with E-state index in [2.05, 4.69) is 32.2 Å². The summed E-state index contributed by atoms with van der Waals surface area (Å²) < 4.78 is 0. The Morgan fingerprint density at radius 3 is 2.96 bits per heavy atom. The molecule has 2 aliphatic rings. The number of nitrogens with one attached hydrogen (secondary N) is 1. The fraction of sp³-hybridized carbons (Fsp3) is 0.500. The van der Waals surface area contributed by atoms with Gasteiger partial charge in [-0.05, 0) is 19.8 Å². The van der Waals surface area contributed by atoms with Crippen molar-refractivity contribution in [2.24, 2.45) is 5.92 Å². The average molecular weight is 338 g/mol. The van der Waals surface area contributed by atoms with Gasteiger partial charge in [-0.3, -0.25) is 9.78 Å². The third kappa shape index (κ3) is 2.83. The second kappa shape index (κ2) is 6.06. The second-order valence-electron chi connectivity index (χ2n) is 6.96. The van der Waals surface area contributed by atoms with Gasteiger partial charge in [0.15, 0.2) is 0 Å². The van der Waals surface area contributed by atoms with Gasteiger partial charge in [0.2, 0.25) is 0 Å². The van der Waals surface area contributed by atoms with Crippen molar-refractivity contribution in [1.82, 2.24) is 24.8 Å². The highest BCUT2D eigenvalue weighted by Gasteiger charge is 2.54. The van der Waals surface area contributed by atoms with Crippen LogP contribution in [0.25, 0.3) is 0 Å². The van der Waals surface area contributed by atoms with E-state index in [1.54, 1.807) is 12.4 Å². The Labute approximate surface area is 146 Å². The summed E-state index contributed by atoms with van der Waals surface area (Å²) in [6.07, 6.45) is 7.65. The molecule has 2 fully saturated rings. The predicted octanol–water partition coefficient (Wildman–Crippen LogP) is 1.85. The van der Waals surface area contributed by atoms with Gasteiger partial charge in [0, 0.05) is 49.6 Å². The molecular formula is C18H22N6O. The number of anilines is 1. The van der Waals surface area contributed by atoms with Gasteiger partial charge in [-0.2, -0.15) is 0 Å². The first-order valence-corrected chi connectivity index (χ1v) is 8.78. The van der Waals surface area contributed by atoms with Gasteiger partial charge in [0.25, 0.3) is 5.91 Å². The molecule has 1 aliphatic heterocycles. The number of aromatic nitrogens is 4. The lowest BCUT2D eigenvalue weighted by atomic mass is 9.69. The van der Waals surface area contributed by atoms with E-state index in [9.17, 15) is 4.79 Å². The van der Waals surface area contributed by atoms with Gasteiger partial charge in [-0.15, -0.1) is 0 Å². The molecule has 0 radical (unpaired) electrons. The highest BCUT2D eigenvalue weighted by molar-refractivity contribution is 5.92. The van der Waals surface area contributed by atoms with Crippen molar-refractivity contribution in [1.29, 1.82) is 0 Å². The van der Waals surface area contributed by atoms with Crippen molar-refractivity contribution in [2.75, 3.05) is 18.4 Å². The topological polar surface area (TPSA) is 83.9 Å². The van der Waals surface area contributed by atoms with Crippen LogP contribution in [0.2, 0.25) is 0 Å². The molecule has 7 nitrogen and oxygen atoms in total. The lowest BCUT2D eigenvalue weighted by molar-refractivity contribution is 0.0780. The first-order valence-electron chi connectivity index (χ1n) is 8.78. The second-order valence-corrected chi connectivity index (χ2v) is 6.96. The number of amides is 1. The molecule has 2 aromatic rings. The van der Waals surface area contributed by atoms with E-state index in [1.165, 1.54) is 6.20 Å². The van der Waals surface area contributed by atoms with Crippen LogP contribution in [0.15, 0.2) is 24.7 Å². The zero-order chi connectivity index (χ0) is 17.4. The Bertz CT molecular complexity index is 795. The Balaban J connectivity index is 1.53. The minimum absolute atomic E-state index is 0.0446. The molecule has 130 valence electrons. The summed E-state index contributed by atoms with van der Waals surface area (Å²) in [6, 6.07) is 1.98. The minimum Gasteiger partial charge on any atom is -0.362 e. The van der Waals surface area contributed by atoms with Crippen molar-refractivity contribution >= 4 is 11.7 Å². The molecule has 7 heteroatoms. The van der Waals surface area contributed by atoms with Crippen molar-refractivity contribution < 1.29 is 4.79 Å². The summed E-state index contributed by atoms with van der Waals surface area (Å²) in [5.74, 6) is 2.12. The molecule has 25 heavy (non-hydrogen) atoms. The number of hydrogen-bond donors (Lipinski definition) is 1. The maximum atomic E-state index is 12.7. The van der Waals surface area contributed by atoms with Crippen LogP contribution < -0.4 is 5.32 Å². The molecule has 0 spiro atoms. The Kier molecular flexibility index (Phi) is 3.86. The molecule has 2 aromatic heterocycles. The molecule has 3 heterocycles. The molecule has 1 amide bonds. The molecular weight excluding hydrogens is 316 g/mol. The molecule has 1 aliphatic carbocycles. The number of aryl methyl sites for hydroxylation is 2. The van der Waals surface area contributed by atoms with Crippen LogP contribution in [0, 0.1) is 12.8 Å². The molecule has 0 bridgehead atoms. The summed E-state index contributed by atoms with van der Waals surface area (Å²) >= 11 is 0. The van der Waals surface area contributed by atoms with E-state index in [0.29, 0.717) is 18.2 Å². The molecule has 2 unspecified atom stereocenters. The Morgan fingerprint density at radius 1 is 1.40 bits per heavy atom. The van der Waals surface area contributed by atoms with Crippen LogP contribution in [-0.4, -0.2) is 49.4 Å². The average Bonchev–Trinajstić information content (AvgIpc) is 2.86. The van der Waals surface area contributed by atoms with E-state index < -0.39 is 0 Å². The maximum Gasteiger partial charge on any atom is 0.274 e. The van der Waals surface area contributed by atoms with Crippen LogP contribution in [0.4, 0.5) is 5.82 Å². The van der Waals surface area contributed by atoms with E-state index >= 15 is 0 Å². The fourth-order valence-corrected chi connectivity index (χ4v) is 3.88. The molecule has 1 N–H and O–H groups in total. The number of rotatable bonds is 4. The highest BCUT2D eigenvalue weighted by Crippen LogP contribution is 2.46. The van der Waals surface area contributed by atoms with E-state index in [-0.39, 0.29) is 11.4 Å². The number of nitrogens with zero attached hydrogens (tertiary/aromatic N) is 5. The summed E-state index contributed by atoms with van der Waals surface area (Å²) in [7, 11) is 0. The number of hydrogen-bond acceptors (Lipinski definition) is 6. The van der Waals surface area contributed by atoms with Gasteiger partial charge >= 0.3 is 0 Å². The van der Waals surface area contributed by atoms with Crippen molar-refractivity contribution in [3.05, 3.63) is 41.9 Å². The molecule has 1 saturated carbocycles. The number of carbonyl (C=O) groups is 1. The highest BCUT2D eigenvalue weighted by atomic mass is 16.2. The molecule has 0 aromatic carbocycles. The van der Waals surface area contributed by atoms with Crippen LogP contribution in [-0.2, 0) is 6.42 Å². The number of carbonyl (C=O) groups excluding carboxylic acids is 1. The summed E-state index contributed by atoms with van der Waals surface area (Å²) in [5.41, 5.74) is 1.29. The lowest BCUT2D eigenvalue weighted by Crippen LogP contribution is -2.53. The van der Waals surface area contributed by atoms with Gasteiger partial charge < -0.3 is 10.2 Å². The van der Waals surface area contributed by atoms with Crippen molar-refractivity contribution in [3.63, 3.8) is 0 Å².